The van der Waals surface area contributed by atoms with Crippen LogP contribution in [0, 0.1) is 18.3 Å². The van der Waals surface area contributed by atoms with Crippen LogP contribution in [-0.4, -0.2) is 79.7 Å². The normalized spacial score (nSPS) is 19.9. The number of aryl methyl sites for hydroxylation is 1. The van der Waals surface area contributed by atoms with Crippen LogP contribution in [0.4, 0.5) is 11.4 Å². The molecule has 1 saturated carbocycles. The average molecular weight is 837 g/mol. The number of carbonyl (C=O) groups excluding carboxylic acids is 1. The van der Waals surface area contributed by atoms with E-state index in [1.54, 1.807) is 30.6 Å². The van der Waals surface area contributed by atoms with Crippen molar-refractivity contribution >= 4 is 55.5 Å². The zero-order valence-electron chi connectivity index (χ0n) is 33.9. The lowest BCUT2D eigenvalue weighted by Gasteiger charge is -2.39. The number of piperazine rings is 1. The van der Waals surface area contributed by atoms with Crippen LogP contribution in [0.25, 0.3) is 16.6 Å². The number of rotatable bonds is 12. The van der Waals surface area contributed by atoms with E-state index in [1.807, 2.05) is 43.3 Å². The number of aliphatic hydroxyl groups excluding tert-OH is 1. The average Bonchev–Trinajstić information content (AvgIpc) is 3.86. The van der Waals surface area contributed by atoms with Gasteiger partial charge in [0, 0.05) is 73.3 Å². The molecule has 8 rings (SSSR count). The number of H-pyrrole nitrogens is 1. The number of allylic oxidation sites excluding steroid dienone is 1. The quantitative estimate of drug-likeness (QED) is 0.0971. The summed E-state index contributed by atoms with van der Waals surface area (Å²) >= 11 is 6.25. The summed E-state index contributed by atoms with van der Waals surface area (Å²) in [5.41, 5.74) is 7.65. The predicted octanol–water partition coefficient (Wildman–Crippen LogP) is 8.79. The minimum absolute atomic E-state index is 0.0164. The number of sulfonamides is 1. The Kier molecular flexibility index (Phi) is 11.8. The fourth-order valence-electron chi connectivity index (χ4n) is 8.71. The number of nitrogens with zero attached hydrogens (tertiary/aromatic N) is 3. The van der Waals surface area contributed by atoms with Gasteiger partial charge in [0.25, 0.3) is 15.9 Å². The minimum Gasteiger partial charge on any atom is -0.455 e. The van der Waals surface area contributed by atoms with E-state index in [1.165, 1.54) is 22.8 Å². The third-order valence-electron chi connectivity index (χ3n) is 12.2. The van der Waals surface area contributed by atoms with Crippen molar-refractivity contribution in [3.05, 3.63) is 112 Å². The first-order valence-electron chi connectivity index (χ1n) is 20.6. The van der Waals surface area contributed by atoms with Crippen LogP contribution in [0.1, 0.15) is 73.9 Å². The van der Waals surface area contributed by atoms with Crippen molar-refractivity contribution in [2.45, 2.75) is 70.3 Å². The second-order valence-electron chi connectivity index (χ2n) is 17.2. The lowest BCUT2D eigenvalue weighted by atomic mass is 9.72. The van der Waals surface area contributed by atoms with Gasteiger partial charge >= 0.3 is 0 Å². The van der Waals surface area contributed by atoms with Crippen molar-refractivity contribution in [1.82, 2.24) is 19.6 Å². The van der Waals surface area contributed by atoms with Crippen LogP contribution in [-0.2, 0) is 10.0 Å². The van der Waals surface area contributed by atoms with E-state index in [4.69, 9.17) is 16.3 Å². The summed E-state index contributed by atoms with van der Waals surface area (Å²) in [7, 11) is -4.23. The number of fused-ring (bicyclic) bond motifs is 1. The van der Waals surface area contributed by atoms with Crippen molar-refractivity contribution in [2.75, 3.05) is 49.5 Å². The predicted molar refractivity (Wildman–Crippen MR) is 235 cm³/mol. The van der Waals surface area contributed by atoms with Gasteiger partial charge in [-0.1, -0.05) is 43.2 Å². The lowest BCUT2D eigenvalue weighted by Crippen LogP contribution is -2.47. The van der Waals surface area contributed by atoms with Gasteiger partial charge in [-0.25, -0.2) is 18.1 Å². The molecule has 13 heteroatoms. The summed E-state index contributed by atoms with van der Waals surface area (Å²) in [6.07, 6.45) is 8.91. The maximum Gasteiger partial charge on any atom is 0.268 e. The standard InChI is InChI=1S/C46H53ClN6O5S/c1-30-22-39(11-13-42(30)49-27-31-4-10-37(54)23-31)59(56,57)51-45(55)40-12-9-36(25-43(40)58-38-24-33-15-17-48-44(33)50-28-38)53-20-18-52(19-21-53)29-34-14-16-46(2,3)26-41(34)32-5-7-35(47)8-6-32/h5-9,11-13,15,17,22,24-25,28,31,37,49,54H,4,10,14,16,18-21,23,26-27,29H2,1-3H3,(H,48,50)(H,51,55)/t31-,37-/m0/s1. The molecule has 2 atom stereocenters. The molecule has 5 aromatic rings. The second-order valence-corrected chi connectivity index (χ2v) is 19.3. The molecular weight excluding hydrogens is 784 g/mol. The Balaban J connectivity index is 0.987. The van der Waals surface area contributed by atoms with Gasteiger partial charge in [-0.2, -0.15) is 0 Å². The smallest absolute Gasteiger partial charge is 0.268 e. The van der Waals surface area contributed by atoms with Crippen LogP contribution >= 0.6 is 11.6 Å². The molecule has 0 unspecified atom stereocenters. The zero-order chi connectivity index (χ0) is 41.3. The number of aromatic amines is 1. The molecule has 3 heterocycles. The number of amides is 1. The second kappa shape index (κ2) is 17.0. The van der Waals surface area contributed by atoms with Crippen molar-refractivity contribution in [1.29, 1.82) is 0 Å². The molecule has 2 fully saturated rings. The van der Waals surface area contributed by atoms with E-state index >= 15 is 0 Å². The van der Waals surface area contributed by atoms with Gasteiger partial charge in [0.1, 0.15) is 17.1 Å². The first-order chi connectivity index (χ1) is 28.3. The Hall–Kier alpha value is -4.88. The van der Waals surface area contributed by atoms with Crippen LogP contribution < -0.4 is 19.7 Å². The molecule has 3 aliphatic rings. The van der Waals surface area contributed by atoms with Gasteiger partial charge in [-0.05, 0) is 128 Å². The van der Waals surface area contributed by atoms with E-state index in [0.717, 1.165) is 98.6 Å². The molecule has 2 aliphatic carbocycles. The van der Waals surface area contributed by atoms with Crippen molar-refractivity contribution in [2.24, 2.45) is 11.3 Å². The molecule has 1 aliphatic heterocycles. The monoisotopic (exact) mass is 836 g/mol. The highest BCUT2D eigenvalue weighted by molar-refractivity contribution is 7.90. The third-order valence-corrected chi connectivity index (χ3v) is 13.8. The number of nitrogens with one attached hydrogen (secondary N) is 3. The van der Waals surface area contributed by atoms with Crippen molar-refractivity contribution < 1.29 is 23.1 Å². The number of carbonyl (C=O) groups is 1. The molecule has 2 aromatic heterocycles. The molecule has 11 nitrogen and oxygen atoms in total. The van der Waals surface area contributed by atoms with Crippen LogP contribution in [0.15, 0.2) is 95.7 Å². The minimum atomic E-state index is -4.23. The van der Waals surface area contributed by atoms with Crippen LogP contribution in [0.5, 0.6) is 11.5 Å². The topological polar surface area (TPSA) is 140 Å². The first-order valence-corrected chi connectivity index (χ1v) is 22.4. The van der Waals surface area contributed by atoms with E-state index < -0.39 is 15.9 Å². The molecule has 3 aromatic carbocycles. The Morgan fingerprint density at radius 3 is 2.56 bits per heavy atom. The SMILES string of the molecule is Cc1cc(S(=O)(=O)NC(=O)c2ccc(N3CCN(CC4=C(c5ccc(Cl)cc5)CC(C)(C)CC4)CC3)cc2Oc2cnc3[nH]ccc3c2)ccc1NC[C@H]1CC[C@H](O)C1. The van der Waals surface area contributed by atoms with Gasteiger partial charge in [0.2, 0.25) is 0 Å². The van der Waals surface area contributed by atoms with E-state index in [9.17, 15) is 18.3 Å². The number of aromatic nitrogens is 2. The highest BCUT2D eigenvalue weighted by atomic mass is 35.5. The zero-order valence-corrected chi connectivity index (χ0v) is 35.5. The Morgan fingerprint density at radius 2 is 1.81 bits per heavy atom. The number of ether oxygens (including phenoxy) is 1. The van der Waals surface area contributed by atoms with Gasteiger partial charge < -0.3 is 25.0 Å². The number of hydrogen-bond donors (Lipinski definition) is 4. The van der Waals surface area contributed by atoms with E-state index in [0.29, 0.717) is 23.9 Å². The molecular formula is C46H53ClN6O5S. The fourth-order valence-corrected chi connectivity index (χ4v) is 9.88. The van der Waals surface area contributed by atoms with Gasteiger partial charge in [0.15, 0.2) is 0 Å². The molecule has 59 heavy (non-hydrogen) atoms. The van der Waals surface area contributed by atoms with Crippen LogP contribution in [0.2, 0.25) is 5.02 Å². The number of benzene rings is 3. The highest BCUT2D eigenvalue weighted by Crippen LogP contribution is 2.43. The Morgan fingerprint density at radius 1 is 1.02 bits per heavy atom. The lowest BCUT2D eigenvalue weighted by molar-refractivity contribution is 0.0979. The maximum absolute atomic E-state index is 13.9. The third kappa shape index (κ3) is 9.62. The summed E-state index contributed by atoms with van der Waals surface area (Å²) in [4.78, 5) is 26.2. The fraction of sp³-hybridized carbons (Fsp3) is 0.391. The molecule has 1 amide bonds. The van der Waals surface area contributed by atoms with Gasteiger partial charge in [-0.3, -0.25) is 9.69 Å². The van der Waals surface area contributed by atoms with E-state index in [2.05, 4.69) is 55.8 Å². The highest BCUT2D eigenvalue weighted by Gasteiger charge is 2.30. The van der Waals surface area contributed by atoms with Gasteiger partial charge in [-0.15, -0.1) is 0 Å². The molecule has 0 radical (unpaired) electrons. The summed E-state index contributed by atoms with van der Waals surface area (Å²) in [6.45, 7) is 11.4. The maximum atomic E-state index is 13.9. The molecule has 0 bridgehead atoms. The number of anilines is 2. The number of pyridine rings is 1. The Labute approximate surface area is 351 Å². The first kappa shape index (κ1) is 40.9. The van der Waals surface area contributed by atoms with Gasteiger partial charge in [0.05, 0.1) is 22.8 Å². The summed E-state index contributed by atoms with van der Waals surface area (Å²) < 4.78 is 35.9. The molecule has 0 spiro atoms. The number of halogens is 1. The summed E-state index contributed by atoms with van der Waals surface area (Å²) in [6, 6.07) is 22.0. The molecule has 310 valence electrons. The molecule has 4 N–H and O–H groups in total. The summed E-state index contributed by atoms with van der Waals surface area (Å²) in [5.74, 6) is 0.214. The molecule has 1 saturated heterocycles. The number of hydrogen-bond acceptors (Lipinski definition) is 9. The van der Waals surface area contributed by atoms with E-state index in [-0.39, 0.29) is 27.7 Å². The summed E-state index contributed by atoms with van der Waals surface area (Å²) in [5, 5.41) is 14.9. The van der Waals surface area contributed by atoms with Crippen LogP contribution in [0.3, 0.4) is 0 Å². The number of aliphatic hydroxyl groups is 1. The van der Waals surface area contributed by atoms with Crippen molar-refractivity contribution in [3.63, 3.8) is 0 Å². The van der Waals surface area contributed by atoms with Crippen molar-refractivity contribution in [3.8, 4) is 11.5 Å². The Bertz CT molecular complexity index is 2480. The largest absolute Gasteiger partial charge is 0.455 e.